The summed E-state index contributed by atoms with van der Waals surface area (Å²) in [6, 6.07) is -0.736. The first-order valence-electron chi connectivity index (χ1n) is 6.04. The van der Waals surface area contributed by atoms with Gasteiger partial charge in [-0.05, 0) is 20.8 Å². The largest absolute Gasteiger partial charge is 0.444 e. The average Bonchev–Trinajstić information content (AvgIpc) is 2.30. The fraction of sp³-hybridized carbons (Fsp3) is 0.833. The maximum absolute atomic E-state index is 11.8. The van der Waals surface area contributed by atoms with Crippen molar-refractivity contribution in [1.29, 1.82) is 0 Å². The Morgan fingerprint density at radius 3 is 2.26 bits per heavy atom. The molecule has 2 atom stereocenters. The molecule has 0 aliphatic carbocycles. The molecule has 0 aliphatic heterocycles. The van der Waals surface area contributed by atoms with E-state index in [-0.39, 0.29) is 12.5 Å². The minimum Gasteiger partial charge on any atom is -0.444 e. The van der Waals surface area contributed by atoms with Gasteiger partial charge in [0.1, 0.15) is 5.60 Å². The second-order valence-corrected chi connectivity index (χ2v) is 5.24. The lowest BCUT2D eigenvalue weighted by atomic mass is 10.0. The van der Waals surface area contributed by atoms with Crippen molar-refractivity contribution in [1.82, 2.24) is 10.4 Å². The number of ether oxygens (including phenoxy) is 1. The molecule has 0 aromatic heterocycles. The van der Waals surface area contributed by atoms with E-state index in [2.05, 4.69) is 5.32 Å². The van der Waals surface area contributed by atoms with E-state index in [1.807, 2.05) is 0 Å². The van der Waals surface area contributed by atoms with Crippen LogP contribution in [0.2, 0.25) is 0 Å². The zero-order valence-corrected chi connectivity index (χ0v) is 12.4. The monoisotopic (exact) mass is 276 g/mol. The van der Waals surface area contributed by atoms with Gasteiger partial charge in [-0.1, -0.05) is 6.92 Å². The molecular weight excluding hydrogens is 252 g/mol. The molecule has 0 heterocycles. The quantitative estimate of drug-likeness (QED) is 0.715. The second kappa shape index (κ2) is 7.30. The van der Waals surface area contributed by atoms with Gasteiger partial charge in [-0.25, -0.2) is 9.86 Å². The smallest absolute Gasteiger partial charge is 0.407 e. The third kappa shape index (κ3) is 6.40. The van der Waals surface area contributed by atoms with Crippen molar-refractivity contribution in [2.24, 2.45) is 5.92 Å². The third-order valence-electron chi connectivity index (χ3n) is 2.48. The molecule has 0 saturated heterocycles. The lowest BCUT2D eigenvalue weighted by Gasteiger charge is -2.27. The van der Waals surface area contributed by atoms with Crippen LogP contribution in [-0.2, 0) is 14.4 Å². The fourth-order valence-corrected chi connectivity index (χ4v) is 1.34. The Hall–Kier alpha value is -1.34. The van der Waals surface area contributed by atoms with E-state index in [0.29, 0.717) is 0 Å². The molecule has 0 unspecified atom stereocenters. The van der Waals surface area contributed by atoms with Gasteiger partial charge in [0.05, 0.1) is 25.7 Å². The number of nitrogens with one attached hydrogen (secondary N) is 1. The number of rotatable bonds is 5. The summed E-state index contributed by atoms with van der Waals surface area (Å²) >= 11 is 0. The number of alkyl carbamates (subject to hydrolysis) is 1. The standard InChI is InChI=1S/C12H24N2O5/c1-8(10(16)14(5)18-6)9(7-15)13-11(17)19-12(2,3)4/h8-9,15H,7H2,1-6H3,(H,13,17)/t8-,9-/m0/s1. The molecule has 0 rings (SSSR count). The van der Waals surface area contributed by atoms with Crippen molar-refractivity contribution in [3.8, 4) is 0 Å². The van der Waals surface area contributed by atoms with Crippen LogP contribution in [-0.4, -0.2) is 54.6 Å². The third-order valence-corrected chi connectivity index (χ3v) is 2.48. The van der Waals surface area contributed by atoms with Crippen LogP contribution in [0.1, 0.15) is 27.7 Å². The number of carbonyl (C=O) groups is 2. The molecule has 0 spiro atoms. The van der Waals surface area contributed by atoms with Crippen molar-refractivity contribution in [2.75, 3.05) is 20.8 Å². The Bertz CT molecular complexity index is 314. The zero-order chi connectivity index (χ0) is 15.2. The first kappa shape index (κ1) is 17.7. The van der Waals surface area contributed by atoms with E-state index in [1.165, 1.54) is 14.2 Å². The number of amides is 2. The van der Waals surface area contributed by atoms with Gasteiger partial charge in [-0.15, -0.1) is 0 Å². The second-order valence-electron chi connectivity index (χ2n) is 5.24. The maximum atomic E-state index is 11.8. The van der Waals surface area contributed by atoms with Gasteiger partial charge in [0.25, 0.3) is 5.91 Å². The molecule has 0 fully saturated rings. The first-order chi connectivity index (χ1) is 8.62. The predicted octanol–water partition coefficient (Wildman–Crippen LogP) is 0.528. The number of carbonyl (C=O) groups excluding carboxylic acids is 2. The van der Waals surface area contributed by atoms with Crippen LogP contribution >= 0.6 is 0 Å². The summed E-state index contributed by atoms with van der Waals surface area (Å²) < 4.78 is 5.07. The number of aliphatic hydroxyl groups is 1. The highest BCUT2D eigenvalue weighted by Gasteiger charge is 2.29. The molecule has 2 amide bonds. The number of hydroxylamine groups is 2. The van der Waals surface area contributed by atoms with Gasteiger partial charge in [0.2, 0.25) is 0 Å². The van der Waals surface area contributed by atoms with Gasteiger partial charge < -0.3 is 15.2 Å². The van der Waals surface area contributed by atoms with Gasteiger partial charge >= 0.3 is 6.09 Å². The maximum Gasteiger partial charge on any atom is 0.407 e. The molecule has 2 N–H and O–H groups in total. The Kier molecular flexibility index (Phi) is 6.78. The Morgan fingerprint density at radius 2 is 1.89 bits per heavy atom. The van der Waals surface area contributed by atoms with Crippen molar-refractivity contribution in [3.05, 3.63) is 0 Å². The van der Waals surface area contributed by atoms with Gasteiger partial charge in [0.15, 0.2) is 0 Å². The molecule has 0 aromatic rings. The van der Waals surface area contributed by atoms with Crippen LogP contribution in [0, 0.1) is 5.92 Å². The summed E-state index contributed by atoms with van der Waals surface area (Å²) in [4.78, 5) is 28.2. The SMILES string of the molecule is CON(C)C(=O)[C@@H](C)[C@H](CO)NC(=O)OC(C)(C)C. The molecule has 7 nitrogen and oxygen atoms in total. The van der Waals surface area contributed by atoms with Crippen molar-refractivity contribution in [3.63, 3.8) is 0 Å². The highest BCUT2D eigenvalue weighted by molar-refractivity contribution is 5.79. The van der Waals surface area contributed by atoms with Crippen LogP contribution in [0.15, 0.2) is 0 Å². The summed E-state index contributed by atoms with van der Waals surface area (Å²) in [5.41, 5.74) is -0.638. The summed E-state index contributed by atoms with van der Waals surface area (Å²) in [7, 11) is 2.82. The highest BCUT2D eigenvalue weighted by Crippen LogP contribution is 2.10. The number of hydrogen-bond donors (Lipinski definition) is 2. The summed E-state index contributed by atoms with van der Waals surface area (Å²) in [6.07, 6.45) is -0.675. The predicted molar refractivity (Wildman–Crippen MR) is 69.2 cm³/mol. The van der Waals surface area contributed by atoms with Crippen LogP contribution in [0.3, 0.4) is 0 Å². The van der Waals surface area contributed by atoms with Crippen LogP contribution in [0.25, 0.3) is 0 Å². The normalized spacial score (nSPS) is 14.5. The van der Waals surface area contributed by atoms with Crippen LogP contribution < -0.4 is 5.32 Å². The van der Waals surface area contributed by atoms with E-state index < -0.39 is 23.7 Å². The van der Waals surface area contributed by atoms with Crippen molar-refractivity contribution in [2.45, 2.75) is 39.3 Å². The van der Waals surface area contributed by atoms with Gasteiger partial charge in [-0.2, -0.15) is 0 Å². The van der Waals surface area contributed by atoms with E-state index in [4.69, 9.17) is 9.57 Å². The molecular formula is C12H24N2O5. The van der Waals surface area contributed by atoms with E-state index in [9.17, 15) is 14.7 Å². The van der Waals surface area contributed by atoms with Gasteiger partial charge in [0, 0.05) is 7.05 Å². The van der Waals surface area contributed by atoms with Crippen LogP contribution in [0.4, 0.5) is 4.79 Å². The van der Waals surface area contributed by atoms with Crippen molar-refractivity contribution >= 4 is 12.0 Å². The average molecular weight is 276 g/mol. The Balaban J connectivity index is 4.58. The molecule has 0 radical (unpaired) electrons. The summed E-state index contributed by atoms with van der Waals surface area (Å²) in [6.45, 7) is 6.41. The Labute approximate surface area is 113 Å². The van der Waals surface area contributed by atoms with E-state index in [1.54, 1.807) is 27.7 Å². The molecule has 19 heavy (non-hydrogen) atoms. The minimum atomic E-state index is -0.736. The molecule has 0 bridgehead atoms. The minimum absolute atomic E-state index is 0.349. The fourth-order valence-electron chi connectivity index (χ4n) is 1.34. The number of aliphatic hydroxyl groups excluding tert-OH is 1. The summed E-state index contributed by atoms with van der Waals surface area (Å²) in [5.74, 6) is -0.986. The van der Waals surface area contributed by atoms with Gasteiger partial charge in [-0.3, -0.25) is 9.63 Å². The highest BCUT2D eigenvalue weighted by atomic mass is 16.7. The lowest BCUT2D eigenvalue weighted by Crippen LogP contribution is -2.49. The molecule has 0 aromatic carbocycles. The van der Waals surface area contributed by atoms with Crippen LogP contribution in [0.5, 0.6) is 0 Å². The van der Waals surface area contributed by atoms with Crippen molar-refractivity contribution < 1.29 is 24.3 Å². The topological polar surface area (TPSA) is 88.1 Å². The number of hydrogen-bond acceptors (Lipinski definition) is 5. The molecule has 0 saturated carbocycles. The first-order valence-corrected chi connectivity index (χ1v) is 6.04. The lowest BCUT2D eigenvalue weighted by molar-refractivity contribution is -0.174. The van der Waals surface area contributed by atoms with E-state index in [0.717, 1.165) is 5.06 Å². The molecule has 112 valence electrons. The molecule has 7 heteroatoms. The zero-order valence-electron chi connectivity index (χ0n) is 12.4. The molecule has 0 aliphatic rings. The Morgan fingerprint density at radius 1 is 1.37 bits per heavy atom. The number of nitrogens with zero attached hydrogens (tertiary/aromatic N) is 1. The summed E-state index contributed by atoms with van der Waals surface area (Å²) in [5, 5.41) is 12.8. The van der Waals surface area contributed by atoms with E-state index >= 15 is 0 Å².